The Hall–Kier alpha value is 0.0569. The van der Waals surface area contributed by atoms with E-state index < -0.39 is 9.36 Å². The molecule has 0 atom stereocenters. The molecule has 5 heteroatoms. The fourth-order valence-electron chi connectivity index (χ4n) is 3.27. The van der Waals surface area contributed by atoms with Crippen LogP contribution in [0.25, 0.3) is 0 Å². The minimum Gasteiger partial charge on any atom is -0.381 e. The van der Waals surface area contributed by atoms with Crippen molar-refractivity contribution in [3.8, 4) is 0 Å². The molecular weight excluding hydrogens is 266 g/mol. The molecule has 4 nitrogen and oxygen atoms in total. The van der Waals surface area contributed by atoms with Crippen LogP contribution in [0.4, 0.5) is 0 Å². The van der Waals surface area contributed by atoms with Gasteiger partial charge in [-0.3, -0.25) is 5.32 Å². The maximum absolute atomic E-state index is 6.12. The largest absolute Gasteiger partial charge is 0.381 e. The van der Waals surface area contributed by atoms with Crippen LogP contribution in [-0.4, -0.2) is 34.7 Å². The third-order valence-electron chi connectivity index (χ3n) is 4.54. The molecule has 2 aliphatic rings. The Bertz CT molecular complexity index is 225. The number of hydrogen-bond acceptors (Lipinski definition) is 4. The highest BCUT2D eigenvalue weighted by molar-refractivity contribution is 6.46. The highest BCUT2D eigenvalue weighted by atomic mass is 28.3. The van der Waals surface area contributed by atoms with Gasteiger partial charge in [-0.25, -0.2) is 0 Å². The molecule has 0 unspecified atom stereocenters. The molecule has 0 aromatic rings. The average molecular weight is 300 g/mol. The van der Waals surface area contributed by atoms with Gasteiger partial charge in [0.05, 0.1) is 6.73 Å². The molecule has 0 aromatic heterocycles. The maximum Gasteiger partial charge on any atom is 0.336 e. The maximum atomic E-state index is 6.12. The lowest BCUT2D eigenvalue weighted by Crippen LogP contribution is -2.57. The van der Waals surface area contributed by atoms with Crippen LogP contribution >= 0.6 is 0 Å². The number of nitrogens with one attached hydrogen (secondary N) is 3. The lowest BCUT2D eigenvalue weighted by Gasteiger charge is -2.25. The van der Waals surface area contributed by atoms with E-state index in [1.165, 1.54) is 64.2 Å². The first kappa shape index (κ1) is 16.4. The van der Waals surface area contributed by atoms with Crippen LogP contribution in [0, 0.1) is 0 Å². The first-order valence-electron chi connectivity index (χ1n) is 8.73. The van der Waals surface area contributed by atoms with E-state index in [1.54, 1.807) is 0 Å². The summed E-state index contributed by atoms with van der Waals surface area (Å²) >= 11 is 0. The Morgan fingerprint density at radius 3 is 2.00 bits per heavy atom. The van der Waals surface area contributed by atoms with Crippen molar-refractivity contribution in [2.75, 3.05) is 13.3 Å². The second-order valence-corrected chi connectivity index (χ2v) is 8.10. The summed E-state index contributed by atoms with van der Waals surface area (Å²) in [4.78, 5) is 7.60. The molecule has 2 fully saturated rings. The van der Waals surface area contributed by atoms with Crippen molar-refractivity contribution in [1.29, 1.82) is 0 Å². The molecular formula is C15H33N3OSi. The summed E-state index contributed by atoms with van der Waals surface area (Å²) < 4.78 is 6.12. The normalized spacial score (nSPS) is 21.3. The Labute approximate surface area is 126 Å². The summed E-state index contributed by atoms with van der Waals surface area (Å²) in [5.41, 5.74) is 0. The van der Waals surface area contributed by atoms with Gasteiger partial charge in [-0.1, -0.05) is 39.0 Å². The fraction of sp³-hybridized carbons (Fsp3) is 1.00. The van der Waals surface area contributed by atoms with Gasteiger partial charge in [0.2, 0.25) is 0 Å². The third kappa shape index (κ3) is 6.22. The van der Waals surface area contributed by atoms with E-state index in [0.29, 0.717) is 18.8 Å². The van der Waals surface area contributed by atoms with Crippen LogP contribution in [0.15, 0.2) is 0 Å². The smallest absolute Gasteiger partial charge is 0.336 e. The minimum atomic E-state index is -1.45. The van der Waals surface area contributed by atoms with Gasteiger partial charge in [0, 0.05) is 12.1 Å². The molecule has 0 radical (unpaired) electrons. The van der Waals surface area contributed by atoms with Crippen LogP contribution in [0.1, 0.15) is 71.1 Å². The number of unbranched alkanes of at least 4 members (excludes halogenated alkanes) is 1. The fourth-order valence-corrected chi connectivity index (χ4v) is 5.37. The second kappa shape index (κ2) is 9.90. The molecule has 2 saturated carbocycles. The Kier molecular flexibility index (Phi) is 8.13. The SMILES string of the molecule is CCCCNCO[SiH](NC1CCCC1)NC1CCCC1. The van der Waals surface area contributed by atoms with Crippen LogP contribution in [-0.2, 0) is 4.43 Å². The molecule has 0 aromatic carbocycles. The zero-order chi connectivity index (χ0) is 14.0. The van der Waals surface area contributed by atoms with Crippen LogP contribution in [0.3, 0.4) is 0 Å². The second-order valence-electron chi connectivity index (χ2n) is 6.34. The number of hydrogen-bond donors (Lipinski definition) is 3. The highest BCUT2D eigenvalue weighted by Gasteiger charge is 2.25. The van der Waals surface area contributed by atoms with Crippen molar-refractivity contribution in [3.05, 3.63) is 0 Å². The van der Waals surface area contributed by atoms with Crippen molar-refractivity contribution >= 4 is 9.36 Å². The van der Waals surface area contributed by atoms with Crippen LogP contribution in [0.5, 0.6) is 0 Å². The summed E-state index contributed by atoms with van der Waals surface area (Å²) in [5.74, 6) is 0. The Balaban J connectivity index is 1.67. The van der Waals surface area contributed by atoms with E-state index in [9.17, 15) is 0 Å². The van der Waals surface area contributed by atoms with E-state index >= 15 is 0 Å². The zero-order valence-corrected chi connectivity index (χ0v) is 14.3. The summed E-state index contributed by atoms with van der Waals surface area (Å²) in [7, 11) is -1.45. The lowest BCUT2D eigenvalue weighted by molar-refractivity contribution is 0.261. The molecule has 20 heavy (non-hydrogen) atoms. The average Bonchev–Trinajstić information content (AvgIpc) is 3.12. The molecule has 0 spiro atoms. The van der Waals surface area contributed by atoms with Crippen molar-refractivity contribution < 1.29 is 4.43 Å². The molecule has 0 heterocycles. The van der Waals surface area contributed by atoms with Crippen molar-refractivity contribution in [2.45, 2.75) is 83.2 Å². The Morgan fingerprint density at radius 1 is 0.950 bits per heavy atom. The van der Waals surface area contributed by atoms with Gasteiger partial charge >= 0.3 is 9.36 Å². The van der Waals surface area contributed by atoms with E-state index in [4.69, 9.17) is 4.43 Å². The van der Waals surface area contributed by atoms with Gasteiger partial charge in [0.1, 0.15) is 0 Å². The zero-order valence-electron chi connectivity index (χ0n) is 13.1. The quantitative estimate of drug-likeness (QED) is 0.328. The topological polar surface area (TPSA) is 45.3 Å². The summed E-state index contributed by atoms with van der Waals surface area (Å²) in [6, 6.07) is 1.41. The van der Waals surface area contributed by atoms with E-state index in [1.807, 2.05) is 0 Å². The van der Waals surface area contributed by atoms with Crippen molar-refractivity contribution in [1.82, 2.24) is 15.3 Å². The van der Waals surface area contributed by atoms with Crippen molar-refractivity contribution in [3.63, 3.8) is 0 Å². The standard InChI is InChI=1S/C15H33N3OSi/c1-2-3-12-16-13-19-20(17-14-8-4-5-9-14)18-15-10-6-7-11-15/h14-18,20H,2-13H2,1H3. The molecule has 0 amide bonds. The molecule has 0 bridgehead atoms. The molecule has 0 saturated heterocycles. The van der Waals surface area contributed by atoms with Gasteiger partial charge in [-0.15, -0.1) is 0 Å². The lowest BCUT2D eigenvalue weighted by atomic mass is 10.3. The summed E-state index contributed by atoms with van der Waals surface area (Å²) in [5, 5.41) is 3.40. The molecule has 118 valence electrons. The number of rotatable bonds is 10. The van der Waals surface area contributed by atoms with Crippen LogP contribution < -0.4 is 15.3 Å². The van der Waals surface area contributed by atoms with E-state index in [-0.39, 0.29) is 0 Å². The van der Waals surface area contributed by atoms with Gasteiger partial charge in [0.15, 0.2) is 0 Å². The first-order chi connectivity index (χ1) is 9.88. The predicted octanol–water partition coefficient (Wildman–Crippen LogP) is 2.13. The van der Waals surface area contributed by atoms with E-state index in [0.717, 1.165) is 6.54 Å². The highest BCUT2D eigenvalue weighted by Crippen LogP contribution is 2.19. The minimum absolute atomic E-state index is 0.705. The molecule has 2 aliphatic carbocycles. The summed E-state index contributed by atoms with van der Waals surface area (Å²) in [6.07, 6.45) is 13.4. The Morgan fingerprint density at radius 2 is 1.50 bits per heavy atom. The molecule has 2 rings (SSSR count). The summed E-state index contributed by atoms with van der Waals surface area (Å²) in [6.45, 7) is 4.00. The van der Waals surface area contributed by atoms with Gasteiger partial charge in [-0.05, 0) is 38.6 Å². The first-order valence-corrected chi connectivity index (χ1v) is 10.4. The van der Waals surface area contributed by atoms with Gasteiger partial charge in [0.25, 0.3) is 0 Å². The molecule has 0 aliphatic heterocycles. The van der Waals surface area contributed by atoms with Gasteiger partial charge < -0.3 is 14.4 Å². The molecule has 3 N–H and O–H groups in total. The third-order valence-corrected chi connectivity index (χ3v) is 6.59. The van der Waals surface area contributed by atoms with Gasteiger partial charge in [-0.2, -0.15) is 0 Å². The van der Waals surface area contributed by atoms with Crippen LogP contribution in [0.2, 0.25) is 0 Å². The monoisotopic (exact) mass is 299 g/mol. The van der Waals surface area contributed by atoms with Crippen molar-refractivity contribution in [2.24, 2.45) is 0 Å². The predicted molar refractivity (Wildman–Crippen MR) is 86.8 cm³/mol. The van der Waals surface area contributed by atoms with E-state index in [2.05, 4.69) is 22.2 Å².